The first-order valence-electron chi connectivity index (χ1n) is 6.24. The molecule has 0 aliphatic rings. The van der Waals surface area contributed by atoms with Gasteiger partial charge < -0.3 is 14.7 Å². The zero-order valence-corrected chi connectivity index (χ0v) is 12.9. The van der Waals surface area contributed by atoms with Crippen molar-refractivity contribution in [3.63, 3.8) is 0 Å². The molecule has 0 saturated heterocycles. The van der Waals surface area contributed by atoms with Gasteiger partial charge in [-0.1, -0.05) is 41.7 Å². The summed E-state index contributed by atoms with van der Waals surface area (Å²) < 4.78 is 4.83. The summed E-state index contributed by atoms with van der Waals surface area (Å²) in [5, 5.41) is 6.18. The summed E-state index contributed by atoms with van der Waals surface area (Å²) in [4.78, 5) is 23.8. The van der Waals surface area contributed by atoms with Gasteiger partial charge in [-0.3, -0.25) is 9.59 Å². The lowest BCUT2D eigenvalue weighted by atomic mass is 10.3. The predicted molar refractivity (Wildman–Crippen MR) is 76.9 cm³/mol. The SMILES string of the molecule is CCCCN(CC(=O)Nc1cc(C)on1)C(=O)C(Cl)Cl. The zero-order chi connectivity index (χ0) is 15.1. The maximum absolute atomic E-state index is 11.8. The monoisotopic (exact) mass is 321 g/mol. The van der Waals surface area contributed by atoms with Crippen molar-refractivity contribution in [2.45, 2.75) is 31.5 Å². The van der Waals surface area contributed by atoms with E-state index < -0.39 is 10.7 Å². The van der Waals surface area contributed by atoms with Crippen molar-refractivity contribution in [3.8, 4) is 0 Å². The van der Waals surface area contributed by atoms with Crippen LogP contribution in [0.25, 0.3) is 0 Å². The summed E-state index contributed by atoms with van der Waals surface area (Å²) in [6, 6.07) is 1.59. The number of rotatable bonds is 7. The molecule has 1 N–H and O–H groups in total. The average molecular weight is 322 g/mol. The minimum atomic E-state index is -1.17. The van der Waals surface area contributed by atoms with E-state index in [0.29, 0.717) is 18.1 Å². The average Bonchev–Trinajstić information content (AvgIpc) is 2.78. The Balaban J connectivity index is 2.59. The fourth-order valence-electron chi connectivity index (χ4n) is 1.54. The first-order valence-corrected chi connectivity index (χ1v) is 7.11. The van der Waals surface area contributed by atoms with Gasteiger partial charge >= 0.3 is 0 Å². The van der Waals surface area contributed by atoms with Crippen LogP contribution in [0.1, 0.15) is 25.5 Å². The molecule has 8 heteroatoms. The van der Waals surface area contributed by atoms with Gasteiger partial charge in [0.2, 0.25) is 5.91 Å². The summed E-state index contributed by atoms with van der Waals surface area (Å²) in [6.07, 6.45) is 1.66. The van der Waals surface area contributed by atoms with Crippen molar-refractivity contribution in [1.82, 2.24) is 10.1 Å². The summed E-state index contributed by atoms with van der Waals surface area (Å²) in [5.74, 6) is 0.0366. The number of nitrogens with zero attached hydrogens (tertiary/aromatic N) is 2. The van der Waals surface area contributed by atoms with E-state index in [1.54, 1.807) is 13.0 Å². The molecule has 0 radical (unpaired) electrons. The fraction of sp³-hybridized carbons (Fsp3) is 0.583. The van der Waals surface area contributed by atoms with Gasteiger partial charge in [-0.25, -0.2) is 0 Å². The van der Waals surface area contributed by atoms with Crippen LogP contribution < -0.4 is 5.32 Å². The number of amides is 2. The second-order valence-corrected chi connectivity index (χ2v) is 5.38. The smallest absolute Gasteiger partial charge is 0.256 e. The van der Waals surface area contributed by atoms with E-state index in [9.17, 15) is 9.59 Å². The summed E-state index contributed by atoms with van der Waals surface area (Å²) in [5.41, 5.74) is 0. The molecule has 0 unspecified atom stereocenters. The highest BCUT2D eigenvalue weighted by Gasteiger charge is 2.22. The molecule has 6 nitrogen and oxygen atoms in total. The highest BCUT2D eigenvalue weighted by Crippen LogP contribution is 2.10. The van der Waals surface area contributed by atoms with Gasteiger partial charge in [-0.2, -0.15) is 0 Å². The fourth-order valence-corrected chi connectivity index (χ4v) is 1.81. The number of halogens is 2. The Morgan fingerprint density at radius 2 is 2.20 bits per heavy atom. The second kappa shape index (κ2) is 8.11. The molecule has 0 fully saturated rings. The van der Waals surface area contributed by atoms with Gasteiger partial charge in [-0.05, 0) is 13.3 Å². The first-order chi connectivity index (χ1) is 9.43. The number of aromatic nitrogens is 1. The number of unbranched alkanes of at least 4 members (excludes halogenated alkanes) is 1. The lowest BCUT2D eigenvalue weighted by Crippen LogP contribution is -2.41. The minimum Gasteiger partial charge on any atom is -0.360 e. The van der Waals surface area contributed by atoms with Crippen LogP contribution in [0.4, 0.5) is 5.82 Å². The Hall–Kier alpha value is -1.27. The number of carbonyl (C=O) groups is 2. The Labute approximate surface area is 127 Å². The molecule has 112 valence electrons. The summed E-state index contributed by atoms with van der Waals surface area (Å²) in [6.45, 7) is 4.00. The molecule has 1 aromatic heterocycles. The van der Waals surface area contributed by atoms with Crippen LogP contribution in [-0.4, -0.2) is 39.8 Å². The van der Waals surface area contributed by atoms with E-state index in [-0.39, 0.29) is 12.5 Å². The van der Waals surface area contributed by atoms with Crippen LogP contribution in [0, 0.1) is 6.92 Å². The minimum absolute atomic E-state index is 0.124. The van der Waals surface area contributed by atoms with Crippen LogP contribution in [0.5, 0.6) is 0 Å². The lowest BCUT2D eigenvalue weighted by Gasteiger charge is -2.22. The Kier molecular flexibility index (Phi) is 6.81. The van der Waals surface area contributed by atoms with Crippen molar-refractivity contribution in [1.29, 1.82) is 0 Å². The normalized spacial score (nSPS) is 10.7. The van der Waals surface area contributed by atoms with E-state index in [1.807, 2.05) is 6.92 Å². The second-order valence-electron chi connectivity index (χ2n) is 4.29. The van der Waals surface area contributed by atoms with Gasteiger partial charge in [0.05, 0.1) is 6.54 Å². The molecular weight excluding hydrogens is 305 g/mol. The number of carbonyl (C=O) groups excluding carboxylic acids is 2. The number of alkyl halides is 2. The molecule has 0 aliphatic carbocycles. The van der Waals surface area contributed by atoms with Gasteiger partial charge in [0.25, 0.3) is 5.91 Å². The highest BCUT2D eigenvalue weighted by molar-refractivity contribution is 6.53. The quantitative estimate of drug-likeness (QED) is 0.782. The molecule has 1 aromatic rings. The standard InChI is InChI=1S/C12H17Cl2N3O3/c1-3-4-5-17(12(19)11(13)14)7-10(18)15-9-6-8(2)20-16-9/h6,11H,3-5,7H2,1-2H3,(H,15,16,18). The molecule has 1 heterocycles. The zero-order valence-electron chi connectivity index (χ0n) is 11.4. The Morgan fingerprint density at radius 1 is 1.50 bits per heavy atom. The van der Waals surface area contributed by atoms with E-state index >= 15 is 0 Å². The lowest BCUT2D eigenvalue weighted by molar-refractivity contribution is -0.133. The molecule has 0 aromatic carbocycles. The number of aryl methyl sites for hydroxylation is 1. The Morgan fingerprint density at radius 3 is 2.70 bits per heavy atom. The molecule has 0 aliphatic heterocycles. The largest absolute Gasteiger partial charge is 0.360 e. The molecule has 0 spiro atoms. The molecule has 0 bridgehead atoms. The highest BCUT2D eigenvalue weighted by atomic mass is 35.5. The molecule has 1 rings (SSSR count). The van der Waals surface area contributed by atoms with Gasteiger partial charge in [0.15, 0.2) is 10.7 Å². The number of anilines is 1. The van der Waals surface area contributed by atoms with Crippen molar-refractivity contribution in [2.75, 3.05) is 18.4 Å². The molecule has 20 heavy (non-hydrogen) atoms. The van der Waals surface area contributed by atoms with E-state index in [0.717, 1.165) is 12.8 Å². The van der Waals surface area contributed by atoms with E-state index in [2.05, 4.69) is 10.5 Å². The van der Waals surface area contributed by atoms with Crippen LogP contribution >= 0.6 is 23.2 Å². The maximum Gasteiger partial charge on any atom is 0.256 e. The van der Waals surface area contributed by atoms with E-state index in [4.69, 9.17) is 27.7 Å². The molecular formula is C12H17Cl2N3O3. The van der Waals surface area contributed by atoms with Crippen molar-refractivity contribution >= 4 is 40.8 Å². The van der Waals surface area contributed by atoms with Gasteiger partial charge in [0.1, 0.15) is 5.76 Å². The maximum atomic E-state index is 11.8. The first kappa shape index (κ1) is 16.8. The summed E-state index contributed by atoms with van der Waals surface area (Å²) in [7, 11) is 0. The van der Waals surface area contributed by atoms with Crippen LogP contribution in [0.2, 0.25) is 0 Å². The van der Waals surface area contributed by atoms with Gasteiger partial charge in [-0.15, -0.1) is 0 Å². The van der Waals surface area contributed by atoms with Crippen LogP contribution in [0.15, 0.2) is 10.6 Å². The van der Waals surface area contributed by atoms with Crippen molar-refractivity contribution in [3.05, 3.63) is 11.8 Å². The molecule has 2 amide bonds. The van der Waals surface area contributed by atoms with Crippen molar-refractivity contribution in [2.24, 2.45) is 0 Å². The molecule has 0 atom stereocenters. The van der Waals surface area contributed by atoms with E-state index in [1.165, 1.54) is 4.90 Å². The third-order valence-electron chi connectivity index (χ3n) is 2.51. The summed E-state index contributed by atoms with van der Waals surface area (Å²) >= 11 is 11.1. The molecule has 0 saturated carbocycles. The topological polar surface area (TPSA) is 75.4 Å². The van der Waals surface area contributed by atoms with Crippen LogP contribution in [0.3, 0.4) is 0 Å². The van der Waals surface area contributed by atoms with Crippen LogP contribution in [-0.2, 0) is 9.59 Å². The predicted octanol–water partition coefficient (Wildman–Crippen LogP) is 2.35. The Bertz CT molecular complexity index is 463. The van der Waals surface area contributed by atoms with Crippen molar-refractivity contribution < 1.29 is 14.1 Å². The number of hydrogen-bond acceptors (Lipinski definition) is 4. The number of hydrogen-bond donors (Lipinski definition) is 1. The number of nitrogens with one attached hydrogen (secondary N) is 1. The third kappa shape index (κ3) is 5.38. The van der Waals surface area contributed by atoms with Gasteiger partial charge in [0, 0.05) is 12.6 Å². The third-order valence-corrected chi connectivity index (χ3v) is 2.88.